The summed E-state index contributed by atoms with van der Waals surface area (Å²) < 4.78 is 0. The van der Waals surface area contributed by atoms with Gasteiger partial charge in [-0.2, -0.15) is 5.10 Å². The van der Waals surface area contributed by atoms with E-state index in [9.17, 15) is 4.79 Å². The first kappa shape index (κ1) is 14.0. The van der Waals surface area contributed by atoms with Crippen LogP contribution in [0.25, 0.3) is 0 Å². The van der Waals surface area contributed by atoms with E-state index in [4.69, 9.17) is 23.2 Å². The third-order valence-electron chi connectivity index (χ3n) is 2.14. The topological polar surface area (TPSA) is 41.5 Å². The number of benzene rings is 1. The molecule has 0 aliphatic heterocycles. The second kappa shape index (κ2) is 6.62. The largest absolute Gasteiger partial charge is 0.271 e. The SMILES string of the molecule is CCC/C(C)=N/NC(=O)c1ccc(Cl)c(Cl)c1. The van der Waals surface area contributed by atoms with Crippen LogP contribution in [0.1, 0.15) is 37.0 Å². The molecular formula is C12H14Cl2N2O. The second-order valence-corrected chi connectivity index (χ2v) is 4.48. The Kier molecular flexibility index (Phi) is 5.45. The van der Waals surface area contributed by atoms with Gasteiger partial charge in [0.05, 0.1) is 10.0 Å². The number of rotatable bonds is 4. The Morgan fingerprint density at radius 1 is 1.35 bits per heavy atom. The highest BCUT2D eigenvalue weighted by Gasteiger charge is 2.07. The molecule has 17 heavy (non-hydrogen) atoms. The summed E-state index contributed by atoms with van der Waals surface area (Å²) in [5, 5.41) is 4.76. The molecule has 0 aliphatic rings. The minimum atomic E-state index is -0.293. The van der Waals surface area contributed by atoms with Crippen LogP contribution in [-0.4, -0.2) is 11.6 Å². The molecule has 0 spiro atoms. The normalized spacial score (nSPS) is 11.4. The van der Waals surface area contributed by atoms with Crippen molar-refractivity contribution in [1.29, 1.82) is 0 Å². The third kappa shape index (κ3) is 4.36. The van der Waals surface area contributed by atoms with Gasteiger partial charge in [0, 0.05) is 11.3 Å². The summed E-state index contributed by atoms with van der Waals surface area (Å²) in [6.45, 7) is 3.93. The van der Waals surface area contributed by atoms with Crippen molar-refractivity contribution >= 4 is 34.8 Å². The Bertz CT molecular complexity index is 444. The summed E-state index contributed by atoms with van der Waals surface area (Å²) in [5.74, 6) is -0.293. The summed E-state index contributed by atoms with van der Waals surface area (Å²) in [4.78, 5) is 11.7. The van der Waals surface area contributed by atoms with Crippen molar-refractivity contribution in [1.82, 2.24) is 5.43 Å². The molecule has 92 valence electrons. The van der Waals surface area contributed by atoms with Gasteiger partial charge in [-0.3, -0.25) is 4.79 Å². The number of halogens is 2. The summed E-state index contributed by atoms with van der Waals surface area (Å²) in [6, 6.07) is 4.71. The van der Waals surface area contributed by atoms with Crippen LogP contribution in [0.3, 0.4) is 0 Å². The highest BCUT2D eigenvalue weighted by Crippen LogP contribution is 2.22. The summed E-state index contributed by atoms with van der Waals surface area (Å²) in [6.07, 6.45) is 1.86. The summed E-state index contributed by atoms with van der Waals surface area (Å²) >= 11 is 11.6. The molecule has 0 saturated heterocycles. The van der Waals surface area contributed by atoms with Gasteiger partial charge < -0.3 is 0 Å². The predicted molar refractivity (Wildman–Crippen MR) is 71.9 cm³/mol. The van der Waals surface area contributed by atoms with Crippen molar-refractivity contribution in [2.24, 2.45) is 5.10 Å². The van der Waals surface area contributed by atoms with Crippen molar-refractivity contribution in [2.45, 2.75) is 26.7 Å². The van der Waals surface area contributed by atoms with Crippen molar-refractivity contribution in [3.05, 3.63) is 33.8 Å². The predicted octanol–water partition coefficient (Wildman–Crippen LogP) is 3.90. The standard InChI is InChI=1S/C12H14Cl2N2O/c1-3-4-8(2)15-16-12(17)9-5-6-10(13)11(14)7-9/h5-7H,3-4H2,1-2H3,(H,16,17)/b15-8+. The summed E-state index contributed by atoms with van der Waals surface area (Å²) in [7, 11) is 0. The molecule has 1 rings (SSSR count). The van der Waals surface area contributed by atoms with Gasteiger partial charge in [0.25, 0.3) is 5.91 Å². The maximum Gasteiger partial charge on any atom is 0.271 e. The molecule has 0 heterocycles. The lowest BCUT2D eigenvalue weighted by atomic mass is 10.2. The van der Waals surface area contributed by atoms with Crippen molar-refractivity contribution in [3.8, 4) is 0 Å². The lowest BCUT2D eigenvalue weighted by Crippen LogP contribution is -2.19. The van der Waals surface area contributed by atoms with Gasteiger partial charge in [-0.05, 0) is 31.5 Å². The fourth-order valence-corrected chi connectivity index (χ4v) is 1.56. The van der Waals surface area contributed by atoms with Gasteiger partial charge in [0.1, 0.15) is 0 Å². The molecule has 0 atom stereocenters. The zero-order chi connectivity index (χ0) is 12.8. The lowest BCUT2D eigenvalue weighted by molar-refractivity contribution is 0.0954. The van der Waals surface area contributed by atoms with E-state index in [0.29, 0.717) is 15.6 Å². The molecule has 1 aromatic carbocycles. The molecule has 3 nitrogen and oxygen atoms in total. The van der Waals surface area contributed by atoms with E-state index in [-0.39, 0.29) is 5.91 Å². The van der Waals surface area contributed by atoms with Crippen molar-refractivity contribution in [3.63, 3.8) is 0 Å². The van der Waals surface area contributed by atoms with Gasteiger partial charge in [0.2, 0.25) is 0 Å². The quantitative estimate of drug-likeness (QED) is 0.656. The number of hydrazone groups is 1. The smallest absolute Gasteiger partial charge is 0.267 e. The number of carbonyl (C=O) groups excluding carboxylic acids is 1. The number of amides is 1. The van der Waals surface area contributed by atoms with E-state index in [1.807, 2.05) is 6.92 Å². The maximum atomic E-state index is 11.7. The minimum absolute atomic E-state index is 0.293. The van der Waals surface area contributed by atoms with E-state index >= 15 is 0 Å². The molecule has 0 aromatic heterocycles. The molecule has 1 N–H and O–H groups in total. The van der Waals surface area contributed by atoms with E-state index in [1.54, 1.807) is 12.1 Å². The van der Waals surface area contributed by atoms with Crippen LogP contribution >= 0.6 is 23.2 Å². The van der Waals surface area contributed by atoms with Crippen LogP contribution in [0.15, 0.2) is 23.3 Å². The van der Waals surface area contributed by atoms with Crippen LogP contribution in [-0.2, 0) is 0 Å². The highest BCUT2D eigenvalue weighted by molar-refractivity contribution is 6.42. The molecular weight excluding hydrogens is 259 g/mol. The molecule has 0 fully saturated rings. The summed E-state index contributed by atoms with van der Waals surface area (Å²) in [5.41, 5.74) is 3.80. The average Bonchev–Trinajstić information content (AvgIpc) is 2.30. The van der Waals surface area contributed by atoms with E-state index in [1.165, 1.54) is 6.07 Å². The molecule has 1 aromatic rings. The molecule has 0 radical (unpaired) electrons. The Balaban J connectivity index is 2.70. The number of carbonyl (C=O) groups is 1. The first-order valence-corrected chi connectivity index (χ1v) is 6.08. The zero-order valence-electron chi connectivity index (χ0n) is 9.76. The highest BCUT2D eigenvalue weighted by atomic mass is 35.5. The molecule has 0 bridgehead atoms. The Morgan fingerprint density at radius 3 is 2.65 bits per heavy atom. The first-order valence-electron chi connectivity index (χ1n) is 5.33. The third-order valence-corrected chi connectivity index (χ3v) is 2.88. The van der Waals surface area contributed by atoms with Crippen LogP contribution in [0.4, 0.5) is 0 Å². The van der Waals surface area contributed by atoms with Crippen LogP contribution in [0.5, 0.6) is 0 Å². The molecule has 1 amide bonds. The molecule has 5 heteroatoms. The fraction of sp³-hybridized carbons (Fsp3) is 0.333. The number of nitrogens with zero attached hydrogens (tertiary/aromatic N) is 1. The Hall–Kier alpha value is -1.06. The van der Waals surface area contributed by atoms with E-state index < -0.39 is 0 Å². The number of nitrogens with one attached hydrogen (secondary N) is 1. The number of hydrogen-bond acceptors (Lipinski definition) is 2. The lowest BCUT2D eigenvalue weighted by Gasteiger charge is -2.03. The van der Waals surface area contributed by atoms with E-state index in [0.717, 1.165) is 18.6 Å². The molecule has 0 saturated carbocycles. The zero-order valence-corrected chi connectivity index (χ0v) is 11.3. The van der Waals surface area contributed by atoms with Gasteiger partial charge in [-0.15, -0.1) is 0 Å². The minimum Gasteiger partial charge on any atom is -0.267 e. The Morgan fingerprint density at radius 2 is 2.06 bits per heavy atom. The fourth-order valence-electron chi connectivity index (χ4n) is 1.27. The monoisotopic (exact) mass is 272 g/mol. The maximum absolute atomic E-state index is 11.7. The average molecular weight is 273 g/mol. The van der Waals surface area contributed by atoms with Crippen LogP contribution in [0.2, 0.25) is 10.0 Å². The van der Waals surface area contributed by atoms with Crippen LogP contribution in [0, 0.1) is 0 Å². The number of hydrogen-bond donors (Lipinski definition) is 1. The van der Waals surface area contributed by atoms with E-state index in [2.05, 4.69) is 17.5 Å². The van der Waals surface area contributed by atoms with Crippen molar-refractivity contribution < 1.29 is 4.79 Å². The van der Waals surface area contributed by atoms with Crippen molar-refractivity contribution in [2.75, 3.05) is 0 Å². The van der Waals surface area contributed by atoms with Gasteiger partial charge >= 0.3 is 0 Å². The first-order chi connectivity index (χ1) is 8.04. The van der Waals surface area contributed by atoms with Gasteiger partial charge in [0.15, 0.2) is 0 Å². The Labute approximate surface area is 111 Å². The molecule has 0 unspecified atom stereocenters. The molecule has 0 aliphatic carbocycles. The van der Waals surface area contributed by atoms with Gasteiger partial charge in [-0.1, -0.05) is 36.5 Å². The van der Waals surface area contributed by atoms with Crippen LogP contribution < -0.4 is 5.43 Å². The second-order valence-electron chi connectivity index (χ2n) is 3.67. The van der Waals surface area contributed by atoms with Gasteiger partial charge in [-0.25, -0.2) is 5.43 Å².